The fourth-order valence-corrected chi connectivity index (χ4v) is 4.22. The number of nitrogens with one attached hydrogen (secondary N) is 1. The first-order valence-corrected chi connectivity index (χ1v) is 10.9. The highest BCUT2D eigenvalue weighted by Gasteiger charge is 2.21. The number of carbonyl (C=O) groups excluding carboxylic acids is 1. The number of aryl methyl sites for hydroxylation is 1. The lowest BCUT2D eigenvalue weighted by atomic mass is 9.98. The van der Waals surface area contributed by atoms with E-state index < -0.39 is 5.25 Å². The molecule has 0 saturated heterocycles. The maximum atomic E-state index is 13.0. The van der Waals surface area contributed by atoms with Gasteiger partial charge in [-0.2, -0.15) is 0 Å². The minimum atomic E-state index is -0.436. The number of amides is 1. The van der Waals surface area contributed by atoms with Crippen LogP contribution >= 0.6 is 11.8 Å². The summed E-state index contributed by atoms with van der Waals surface area (Å²) >= 11 is 1.28. The Morgan fingerprint density at radius 3 is 2.63 bits per heavy atom. The monoisotopic (exact) mass is 421 g/mol. The lowest BCUT2D eigenvalue weighted by molar-refractivity contribution is -0.115. The van der Waals surface area contributed by atoms with E-state index in [1.54, 1.807) is 16.7 Å². The zero-order valence-electron chi connectivity index (χ0n) is 17.8. The Hall–Kier alpha value is -2.86. The molecule has 1 aromatic heterocycles. The summed E-state index contributed by atoms with van der Waals surface area (Å²) in [5, 5.41) is 3.72. The van der Waals surface area contributed by atoms with Crippen molar-refractivity contribution < 1.29 is 4.79 Å². The third kappa shape index (κ3) is 4.49. The minimum absolute atomic E-state index is 0.122. The van der Waals surface area contributed by atoms with Crippen molar-refractivity contribution in [1.29, 1.82) is 0 Å². The molecule has 5 nitrogen and oxygen atoms in total. The molecule has 3 aromatic rings. The van der Waals surface area contributed by atoms with Crippen LogP contribution in [0.15, 0.2) is 65.1 Å². The number of thioether (sulfide) groups is 1. The van der Waals surface area contributed by atoms with Crippen LogP contribution in [0.2, 0.25) is 0 Å². The predicted octanol–water partition coefficient (Wildman–Crippen LogP) is 5.13. The van der Waals surface area contributed by atoms with Gasteiger partial charge >= 0.3 is 0 Å². The Morgan fingerprint density at radius 2 is 1.93 bits per heavy atom. The van der Waals surface area contributed by atoms with Gasteiger partial charge in [-0.05, 0) is 43.0 Å². The second kappa shape index (κ2) is 9.30. The van der Waals surface area contributed by atoms with Crippen molar-refractivity contribution in [3.05, 3.63) is 76.6 Å². The molecule has 0 aliphatic heterocycles. The maximum Gasteiger partial charge on any atom is 0.262 e. The Morgan fingerprint density at radius 1 is 1.20 bits per heavy atom. The first-order chi connectivity index (χ1) is 14.3. The van der Waals surface area contributed by atoms with Crippen molar-refractivity contribution in [2.24, 2.45) is 0 Å². The molecule has 0 spiro atoms. The van der Waals surface area contributed by atoms with Gasteiger partial charge in [0.1, 0.15) is 0 Å². The molecule has 0 aliphatic rings. The highest BCUT2D eigenvalue weighted by molar-refractivity contribution is 8.00. The number of benzene rings is 2. The van der Waals surface area contributed by atoms with Gasteiger partial charge < -0.3 is 5.32 Å². The molecule has 0 radical (unpaired) electrons. The first kappa shape index (κ1) is 21.8. The van der Waals surface area contributed by atoms with Gasteiger partial charge in [-0.15, -0.1) is 6.58 Å². The molecule has 0 saturated carbocycles. The number of allylic oxidation sites excluding steroid dienone is 1. The Balaban J connectivity index is 1.91. The summed E-state index contributed by atoms with van der Waals surface area (Å²) in [6.45, 7) is 12.1. The molecule has 3 rings (SSSR count). The molecule has 0 aliphatic carbocycles. The fraction of sp³-hybridized carbons (Fsp3) is 0.292. The van der Waals surface area contributed by atoms with Crippen LogP contribution in [0.4, 0.5) is 5.69 Å². The number of nitrogens with zero attached hydrogens (tertiary/aromatic N) is 2. The van der Waals surface area contributed by atoms with Crippen LogP contribution in [0.1, 0.15) is 37.8 Å². The number of aromatic nitrogens is 2. The molecule has 156 valence electrons. The zero-order valence-corrected chi connectivity index (χ0v) is 18.6. The summed E-state index contributed by atoms with van der Waals surface area (Å²) in [5.41, 5.74) is 3.49. The molecular formula is C24H27N3O2S. The van der Waals surface area contributed by atoms with Crippen molar-refractivity contribution in [3.63, 3.8) is 0 Å². The van der Waals surface area contributed by atoms with E-state index in [2.05, 4.69) is 30.7 Å². The van der Waals surface area contributed by atoms with Crippen LogP contribution in [-0.4, -0.2) is 20.7 Å². The van der Waals surface area contributed by atoms with Gasteiger partial charge in [-0.3, -0.25) is 14.2 Å². The largest absolute Gasteiger partial charge is 0.325 e. The van der Waals surface area contributed by atoms with Crippen molar-refractivity contribution >= 4 is 34.3 Å². The molecule has 0 fully saturated rings. The highest BCUT2D eigenvalue weighted by Crippen LogP contribution is 2.29. The van der Waals surface area contributed by atoms with Gasteiger partial charge in [0.25, 0.3) is 5.56 Å². The second-order valence-electron chi connectivity index (χ2n) is 7.56. The van der Waals surface area contributed by atoms with Crippen LogP contribution < -0.4 is 10.9 Å². The van der Waals surface area contributed by atoms with Crippen molar-refractivity contribution in [1.82, 2.24) is 9.55 Å². The fourth-order valence-electron chi connectivity index (χ4n) is 3.31. The molecule has 1 atom stereocenters. The van der Waals surface area contributed by atoms with Crippen molar-refractivity contribution in [2.45, 2.75) is 50.6 Å². The molecular weight excluding hydrogens is 394 g/mol. The minimum Gasteiger partial charge on any atom is -0.325 e. The van der Waals surface area contributed by atoms with E-state index in [4.69, 9.17) is 0 Å². The van der Waals surface area contributed by atoms with Gasteiger partial charge in [0.2, 0.25) is 5.91 Å². The van der Waals surface area contributed by atoms with Crippen LogP contribution in [0.3, 0.4) is 0 Å². The molecule has 0 bridgehead atoms. The average molecular weight is 422 g/mol. The lowest BCUT2D eigenvalue weighted by Crippen LogP contribution is -2.27. The molecule has 1 N–H and O–H groups in total. The van der Waals surface area contributed by atoms with E-state index in [9.17, 15) is 9.59 Å². The summed E-state index contributed by atoms with van der Waals surface area (Å²) < 4.78 is 1.57. The number of rotatable bonds is 7. The number of fused-ring (bicyclic) bond motifs is 1. The standard InChI is InChI=1S/C24H27N3O2S/c1-6-14-27-23(29)19-11-7-8-13-20(19)25-24(27)30-17(5)22(28)26-21-16(4)10-9-12-18(21)15(2)3/h6-13,15,17H,1,14H2,2-5H3,(H,26,28). The van der Waals surface area contributed by atoms with Crippen LogP contribution in [0.25, 0.3) is 10.9 Å². The van der Waals surface area contributed by atoms with E-state index in [0.717, 1.165) is 16.8 Å². The van der Waals surface area contributed by atoms with E-state index in [0.29, 0.717) is 28.5 Å². The van der Waals surface area contributed by atoms with Crippen LogP contribution in [0, 0.1) is 6.92 Å². The number of para-hydroxylation sites is 2. The summed E-state index contributed by atoms with van der Waals surface area (Å²) in [4.78, 5) is 30.5. The molecule has 30 heavy (non-hydrogen) atoms. The van der Waals surface area contributed by atoms with Gasteiger partial charge in [-0.25, -0.2) is 4.98 Å². The van der Waals surface area contributed by atoms with Gasteiger partial charge in [-0.1, -0.05) is 62.0 Å². The Kier molecular flexibility index (Phi) is 6.77. The molecule has 1 amide bonds. The quantitative estimate of drug-likeness (QED) is 0.326. The molecule has 1 unspecified atom stereocenters. The highest BCUT2D eigenvalue weighted by atomic mass is 32.2. The summed E-state index contributed by atoms with van der Waals surface area (Å²) in [6, 6.07) is 13.3. The summed E-state index contributed by atoms with van der Waals surface area (Å²) in [5.74, 6) is 0.173. The topological polar surface area (TPSA) is 64.0 Å². The van der Waals surface area contributed by atoms with E-state index in [-0.39, 0.29) is 11.5 Å². The van der Waals surface area contributed by atoms with Crippen molar-refractivity contribution in [3.8, 4) is 0 Å². The molecule has 6 heteroatoms. The van der Waals surface area contributed by atoms with E-state index >= 15 is 0 Å². The summed E-state index contributed by atoms with van der Waals surface area (Å²) in [6.07, 6.45) is 1.66. The normalized spacial score (nSPS) is 12.2. The zero-order chi connectivity index (χ0) is 21.8. The van der Waals surface area contributed by atoms with Gasteiger partial charge in [0, 0.05) is 12.2 Å². The smallest absolute Gasteiger partial charge is 0.262 e. The number of hydrogen-bond donors (Lipinski definition) is 1. The number of anilines is 1. The van der Waals surface area contributed by atoms with Gasteiger partial charge in [0.05, 0.1) is 16.2 Å². The van der Waals surface area contributed by atoms with E-state index in [1.807, 2.05) is 50.2 Å². The van der Waals surface area contributed by atoms with Crippen molar-refractivity contribution in [2.75, 3.05) is 5.32 Å². The third-order valence-corrected chi connectivity index (χ3v) is 6.06. The molecule has 1 heterocycles. The predicted molar refractivity (Wildman–Crippen MR) is 125 cm³/mol. The molecule has 2 aromatic carbocycles. The van der Waals surface area contributed by atoms with Crippen LogP contribution in [0.5, 0.6) is 0 Å². The first-order valence-electron chi connectivity index (χ1n) is 10.0. The Labute approximate surface area is 181 Å². The number of carbonyl (C=O) groups is 1. The third-order valence-electron chi connectivity index (χ3n) is 4.96. The average Bonchev–Trinajstić information content (AvgIpc) is 2.72. The lowest BCUT2D eigenvalue weighted by Gasteiger charge is -2.19. The van der Waals surface area contributed by atoms with E-state index in [1.165, 1.54) is 11.8 Å². The number of hydrogen-bond acceptors (Lipinski definition) is 4. The second-order valence-corrected chi connectivity index (χ2v) is 8.87. The SMILES string of the molecule is C=CCn1c(SC(C)C(=O)Nc2c(C)cccc2C(C)C)nc2ccccc2c1=O. The Bertz CT molecular complexity index is 1150. The van der Waals surface area contributed by atoms with Crippen LogP contribution in [-0.2, 0) is 11.3 Å². The maximum absolute atomic E-state index is 13.0. The van der Waals surface area contributed by atoms with Gasteiger partial charge in [0.15, 0.2) is 5.16 Å². The summed E-state index contributed by atoms with van der Waals surface area (Å²) in [7, 11) is 0.